The average molecular weight is 327 g/mol. The summed E-state index contributed by atoms with van der Waals surface area (Å²) in [6.45, 7) is 1.89. The van der Waals surface area contributed by atoms with E-state index in [0.717, 1.165) is 22.4 Å². The molecule has 0 radical (unpaired) electrons. The highest BCUT2D eigenvalue weighted by atomic mass is 16.4. The third kappa shape index (κ3) is 5.01. The zero-order valence-corrected chi connectivity index (χ0v) is 13.5. The number of nitrogens with zero attached hydrogens (tertiary/aromatic N) is 1. The fourth-order valence-electron chi connectivity index (χ4n) is 2.51. The van der Waals surface area contributed by atoms with Crippen LogP contribution in [0, 0.1) is 6.92 Å². The molecule has 3 N–H and O–H groups in total. The summed E-state index contributed by atoms with van der Waals surface area (Å²) in [5.41, 5.74) is 3.75. The highest BCUT2D eigenvalue weighted by molar-refractivity contribution is 5.76. The highest BCUT2D eigenvalue weighted by Crippen LogP contribution is 2.26. The van der Waals surface area contributed by atoms with Crippen LogP contribution in [0.15, 0.2) is 48.7 Å². The minimum Gasteiger partial charge on any atom is -0.481 e. The number of aromatic nitrogens is 1. The van der Waals surface area contributed by atoms with Crippen molar-refractivity contribution in [2.45, 2.75) is 32.0 Å². The van der Waals surface area contributed by atoms with Crippen LogP contribution < -0.4 is 0 Å². The molecule has 24 heavy (non-hydrogen) atoms. The normalized spacial score (nSPS) is 13.8. The van der Waals surface area contributed by atoms with Crippen LogP contribution in [0.25, 0.3) is 17.2 Å². The van der Waals surface area contributed by atoms with Crippen LogP contribution in [0.3, 0.4) is 0 Å². The van der Waals surface area contributed by atoms with Crippen molar-refractivity contribution in [3.8, 4) is 11.1 Å². The molecule has 0 saturated heterocycles. The van der Waals surface area contributed by atoms with E-state index in [2.05, 4.69) is 4.98 Å². The SMILES string of the molecule is Cc1nccc(-c2ccccc2)c1/C=C/C(O)CC(O)CC(=O)O. The van der Waals surface area contributed by atoms with E-state index < -0.39 is 18.2 Å². The topological polar surface area (TPSA) is 90.7 Å². The number of aliphatic hydroxyl groups is 2. The predicted octanol–water partition coefficient (Wildman–Crippen LogP) is 2.66. The molecule has 0 amide bonds. The van der Waals surface area contributed by atoms with Gasteiger partial charge in [-0.3, -0.25) is 9.78 Å². The number of aryl methyl sites for hydroxylation is 1. The van der Waals surface area contributed by atoms with Gasteiger partial charge in [-0.15, -0.1) is 0 Å². The fourth-order valence-corrected chi connectivity index (χ4v) is 2.51. The summed E-state index contributed by atoms with van der Waals surface area (Å²) in [5.74, 6) is -1.09. The first-order chi connectivity index (χ1) is 11.5. The third-order valence-electron chi connectivity index (χ3n) is 3.68. The largest absolute Gasteiger partial charge is 0.481 e. The summed E-state index contributed by atoms with van der Waals surface area (Å²) < 4.78 is 0. The number of pyridine rings is 1. The van der Waals surface area contributed by atoms with Crippen molar-refractivity contribution < 1.29 is 20.1 Å². The lowest BCUT2D eigenvalue weighted by Gasteiger charge is -2.12. The van der Waals surface area contributed by atoms with Crippen molar-refractivity contribution in [2.24, 2.45) is 0 Å². The zero-order chi connectivity index (χ0) is 17.5. The molecule has 0 bridgehead atoms. The van der Waals surface area contributed by atoms with Crippen LogP contribution in [0.2, 0.25) is 0 Å². The lowest BCUT2D eigenvalue weighted by Crippen LogP contribution is -2.19. The van der Waals surface area contributed by atoms with Crippen molar-refractivity contribution in [3.05, 3.63) is 59.9 Å². The Morgan fingerprint density at radius 2 is 1.92 bits per heavy atom. The lowest BCUT2D eigenvalue weighted by molar-refractivity contribution is -0.139. The van der Waals surface area contributed by atoms with Gasteiger partial charge in [-0.2, -0.15) is 0 Å². The first-order valence-electron chi connectivity index (χ1n) is 7.74. The van der Waals surface area contributed by atoms with Gasteiger partial charge in [-0.1, -0.05) is 42.5 Å². The summed E-state index contributed by atoms with van der Waals surface area (Å²) in [6, 6.07) is 11.8. The van der Waals surface area contributed by atoms with Gasteiger partial charge in [0.1, 0.15) is 0 Å². The standard InChI is InChI=1S/C19H21NO4/c1-13-17(8-7-15(21)11-16(22)12-19(23)24)18(9-10-20-13)14-5-3-2-4-6-14/h2-10,15-16,21-22H,11-12H2,1H3,(H,23,24)/b8-7+. The molecular formula is C19H21NO4. The van der Waals surface area contributed by atoms with Crippen LogP contribution >= 0.6 is 0 Å². The molecule has 0 spiro atoms. The number of aliphatic hydroxyl groups excluding tert-OH is 2. The summed E-state index contributed by atoms with van der Waals surface area (Å²) in [5, 5.41) is 28.2. The van der Waals surface area contributed by atoms with E-state index in [-0.39, 0.29) is 12.8 Å². The van der Waals surface area contributed by atoms with Crippen LogP contribution in [0.1, 0.15) is 24.1 Å². The lowest BCUT2D eigenvalue weighted by atomic mass is 9.98. The first-order valence-corrected chi connectivity index (χ1v) is 7.74. The van der Waals surface area contributed by atoms with E-state index in [1.165, 1.54) is 0 Å². The summed E-state index contributed by atoms with van der Waals surface area (Å²) in [4.78, 5) is 14.8. The second-order valence-electron chi connectivity index (χ2n) is 5.64. The number of hydrogen-bond acceptors (Lipinski definition) is 4. The fraction of sp³-hybridized carbons (Fsp3) is 0.263. The first kappa shape index (κ1) is 17.8. The Bertz CT molecular complexity index is 713. The highest BCUT2D eigenvalue weighted by Gasteiger charge is 2.13. The van der Waals surface area contributed by atoms with Gasteiger partial charge in [0.25, 0.3) is 0 Å². The van der Waals surface area contributed by atoms with Gasteiger partial charge in [0, 0.05) is 23.9 Å². The van der Waals surface area contributed by atoms with E-state index in [0.29, 0.717) is 0 Å². The Hall–Kier alpha value is -2.50. The molecule has 5 nitrogen and oxygen atoms in total. The predicted molar refractivity (Wildman–Crippen MR) is 92.3 cm³/mol. The average Bonchev–Trinajstić information content (AvgIpc) is 2.53. The molecule has 126 valence electrons. The molecule has 0 fully saturated rings. The van der Waals surface area contributed by atoms with E-state index in [9.17, 15) is 15.0 Å². The second kappa shape index (κ2) is 8.38. The Morgan fingerprint density at radius 3 is 2.58 bits per heavy atom. The number of benzene rings is 1. The van der Waals surface area contributed by atoms with E-state index in [1.54, 1.807) is 18.3 Å². The molecule has 5 heteroatoms. The zero-order valence-electron chi connectivity index (χ0n) is 13.5. The summed E-state index contributed by atoms with van der Waals surface area (Å²) in [6.07, 6.45) is 2.65. The maximum atomic E-state index is 10.5. The van der Waals surface area contributed by atoms with Crippen molar-refractivity contribution >= 4 is 12.0 Å². The van der Waals surface area contributed by atoms with Gasteiger partial charge in [-0.25, -0.2) is 0 Å². The van der Waals surface area contributed by atoms with Crippen LogP contribution in [0.4, 0.5) is 0 Å². The Labute approximate surface area is 140 Å². The molecule has 0 aliphatic rings. The smallest absolute Gasteiger partial charge is 0.305 e. The monoisotopic (exact) mass is 327 g/mol. The molecular weight excluding hydrogens is 306 g/mol. The quantitative estimate of drug-likeness (QED) is 0.727. The maximum absolute atomic E-state index is 10.5. The third-order valence-corrected chi connectivity index (χ3v) is 3.68. The molecule has 1 aromatic carbocycles. The van der Waals surface area contributed by atoms with Crippen molar-refractivity contribution in [2.75, 3.05) is 0 Å². The van der Waals surface area contributed by atoms with Gasteiger partial charge in [0.15, 0.2) is 0 Å². The molecule has 2 rings (SSSR count). The van der Waals surface area contributed by atoms with Crippen LogP contribution in [-0.2, 0) is 4.79 Å². The molecule has 0 saturated carbocycles. The Balaban J connectivity index is 2.19. The summed E-state index contributed by atoms with van der Waals surface area (Å²) in [7, 11) is 0. The Kier molecular flexibility index (Phi) is 6.23. The molecule has 2 atom stereocenters. The Morgan fingerprint density at radius 1 is 1.21 bits per heavy atom. The maximum Gasteiger partial charge on any atom is 0.305 e. The molecule has 2 aromatic rings. The van der Waals surface area contributed by atoms with Gasteiger partial charge in [0.05, 0.1) is 18.6 Å². The van der Waals surface area contributed by atoms with E-state index >= 15 is 0 Å². The van der Waals surface area contributed by atoms with Crippen molar-refractivity contribution in [3.63, 3.8) is 0 Å². The number of rotatable bonds is 7. The minimum absolute atomic E-state index is 0.0250. The minimum atomic E-state index is -1.09. The second-order valence-corrected chi connectivity index (χ2v) is 5.64. The molecule has 2 unspecified atom stereocenters. The summed E-state index contributed by atoms with van der Waals surface area (Å²) >= 11 is 0. The number of aliphatic carboxylic acids is 1. The van der Waals surface area contributed by atoms with Gasteiger partial charge < -0.3 is 15.3 Å². The molecule has 0 aliphatic heterocycles. The molecule has 0 aliphatic carbocycles. The number of carboxylic acid groups (broad SMARTS) is 1. The van der Waals surface area contributed by atoms with E-state index in [1.807, 2.05) is 43.3 Å². The molecule has 1 heterocycles. The number of carbonyl (C=O) groups is 1. The number of hydrogen-bond donors (Lipinski definition) is 3. The van der Waals surface area contributed by atoms with Gasteiger partial charge in [-0.05, 0) is 24.1 Å². The number of carboxylic acids is 1. The van der Waals surface area contributed by atoms with Crippen LogP contribution in [-0.4, -0.2) is 38.5 Å². The molecule has 1 aromatic heterocycles. The van der Waals surface area contributed by atoms with Crippen molar-refractivity contribution in [1.82, 2.24) is 4.98 Å². The van der Waals surface area contributed by atoms with Gasteiger partial charge in [0.2, 0.25) is 0 Å². The van der Waals surface area contributed by atoms with Crippen LogP contribution in [0.5, 0.6) is 0 Å². The van der Waals surface area contributed by atoms with Crippen molar-refractivity contribution in [1.29, 1.82) is 0 Å². The van der Waals surface area contributed by atoms with E-state index in [4.69, 9.17) is 5.11 Å². The van der Waals surface area contributed by atoms with Gasteiger partial charge >= 0.3 is 5.97 Å².